The maximum absolute atomic E-state index is 12.9. The summed E-state index contributed by atoms with van der Waals surface area (Å²) in [6.07, 6.45) is 1.57. The molecule has 5 aliphatic rings. The van der Waals surface area contributed by atoms with Crippen molar-refractivity contribution in [2.45, 2.75) is 55.8 Å². The van der Waals surface area contributed by atoms with Crippen molar-refractivity contribution in [3.8, 4) is 11.5 Å². The van der Waals surface area contributed by atoms with Gasteiger partial charge in [-0.3, -0.25) is 9.69 Å². The molecule has 0 N–H and O–H groups in total. The molecule has 2 aliphatic carbocycles. The number of rotatable bonds is 2. The molecule has 1 aromatic carbocycles. The first-order valence-corrected chi connectivity index (χ1v) is 9.69. The van der Waals surface area contributed by atoms with Crippen LogP contribution in [0.2, 0.25) is 0 Å². The fourth-order valence-electron chi connectivity index (χ4n) is 6.34. The number of hydrogen-bond acceptors (Lipinski definition) is 7. The zero-order chi connectivity index (χ0) is 18.4. The van der Waals surface area contributed by atoms with Crippen LogP contribution in [-0.2, 0) is 26.1 Å². The van der Waals surface area contributed by atoms with Gasteiger partial charge in [0.05, 0.1) is 12.0 Å². The van der Waals surface area contributed by atoms with Gasteiger partial charge in [-0.15, -0.1) is 0 Å². The summed E-state index contributed by atoms with van der Waals surface area (Å²) in [7, 11) is 0. The molecule has 1 unspecified atom stereocenters. The molecule has 3 aliphatic heterocycles. The third kappa shape index (κ3) is 1.66. The number of carbonyl (C=O) groups is 2. The van der Waals surface area contributed by atoms with Crippen LogP contribution in [0.5, 0.6) is 11.5 Å². The van der Waals surface area contributed by atoms with Crippen molar-refractivity contribution in [3.05, 3.63) is 23.3 Å². The number of benzene rings is 1. The Kier molecular flexibility index (Phi) is 2.96. The van der Waals surface area contributed by atoms with E-state index >= 15 is 0 Å². The normalized spacial score (nSPS) is 39.6. The molecule has 7 nitrogen and oxygen atoms in total. The number of ether oxygens (including phenoxy) is 4. The van der Waals surface area contributed by atoms with Crippen LogP contribution in [0.4, 0.5) is 4.79 Å². The highest BCUT2D eigenvalue weighted by Gasteiger charge is 2.76. The van der Waals surface area contributed by atoms with Gasteiger partial charge in [-0.05, 0) is 37.8 Å². The van der Waals surface area contributed by atoms with Crippen molar-refractivity contribution in [1.82, 2.24) is 4.90 Å². The fourth-order valence-corrected chi connectivity index (χ4v) is 6.34. The minimum Gasteiger partial charge on any atom is -0.477 e. The molecule has 0 aromatic heterocycles. The molecular weight excluding hydrogens is 350 g/mol. The molecule has 3 fully saturated rings. The van der Waals surface area contributed by atoms with E-state index < -0.39 is 17.7 Å². The summed E-state index contributed by atoms with van der Waals surface area (Å²) in [6, 6.07) is 4.04. The van der Waals surface area contributed by atoms with Gasteiger partial charge in [-0.2, -0.15) is 0 Å². The Bertz CT molecular complexity index is 883. The van der Waals surface area contributed by atoms with Crippen LogP contribution >= 0.6 is 0 Å². The molecular formula is C20H21NO6. The smallest absolute Gasteiger partial charge is 0.477 e. The Morgan fingerprint density at radius 1 is 1.37 bits per heavy atom. The molecule has 0 amide bonds. The van der Waals surface area contributed by atoms with E-state index in [9.17, 15) is 9.59 Å². The van der Waals surface area contributed by atoms with E-state index in [1.54, 1.807) is 13.0 Å². The van der Waals surface area contributed by atoms with Crippen molar-refractivity contribution in [2.75, 3.05) is 19.9 Å². The number of ketones is 1. The van der Waals surface area contributed by atoms with Gasteiger partial charge >= 0.3 is 6.16 Å². The van der Waals surface area contributed by atoms with Crippen LogP contribution in [0.3, 0.4) is 0 Å². The van der Waals surface area contributed by atoms with Crippen LogP contribution in [0, 0.1) is 0 Å². The quantitative estimate of drug-likeness (QED) is 0.581. The summed E-state index contributed by atoms with van der Waals surface area (Å²) in [4.78, 5) is 27.2. The Morgan fingerprint density at radius 3 is 3.11 bits per heavy atom. The monoisotopic (exact) mass is 371 g/mol. The number of carbonyl (C=O) groups excluding carboxylic acids is 2. The second-order valence-electron chi connectivity index (χ2n) is 8.09. The van der Waals surface area contributed by atoms with Crippen LogP contribution < -0.4 is 9.47 Å². The molecule has 6 rings (SSSR count). The third-order valence-corrected chi connectivity index (χ3v) is 7.26. The van der Waals surface area contributed by atoms with Gasteiger partial charge < -0.3 is 18.9 Å². The van der Waals surface area contributed by atoms with Gasteiger partial charge in [0, 0.05) is 24.6 Å². The molecule has 1 aromatic rings. The topological polar surface area (TPSA) is 74.3 Å². The maximum atomic E-state index is 12.9. The van der Waals surface area contributed by atoms with Gasteiger partial charge in [-0.1, -0.05) is 6.07 Å². The van der Waals surface area contributed by atoms with Crippen LogP contribution in [0.25, 0.3) is 0 Å². The molecule has 1 saturated carbocycles. The van der Waals surface area contributed by atoms with E-state index in [1.165, 1.54) is 5.56 Å². The average Bonchev–Trinajstić information content (AvgIpc) is 3.11. The minimum absolute atomic E-state index is 0.120. The van der Waals surface area contributed by atoms with Crippen molar-refractivity contribution >= 4 is 11.9 Å². The lowest BCUT2D eigenvalue weighted by Crippen LogP contribution is -2.73. The van der Waals surface area contributed by atoms with Crippen molar-refractivity contribution in [3.63, 3.8) is 0 Å². The number of nitrogens with zero attached hydrogens (tertiary/aromatic N) is 1. The maximum Gasteiger partial charge on any atom is 0.513 e. The Hall–Kier alpha value is -2.12. The second kappa shape index (κ2) is 5.02. The zero-order valence-corrected chi connectivity index (χ0v) is 15.2. The average molecular weight is 371 g/mol. The van der Waals surface area contributed by atoms with Crippen molar-refractivity contribution in [2.24, 2.45) is 0 Å². The van der Waals surface area contributed by atoms with E-state index in [1.807, 2.05) is 6.07 Å². The van der Waals surface area contributed by atoms with Gasteiger partial charge in [0.2, 0.25) is 0 Å². The molecule has 142 valence electrons. The lowest BCUT2D eigenvalue weighted by atomic mass is 9.49. The van der Waals surface area contributed by atoms with Gasteiger partial charge in [0.15, 0.2) is 23.4 Å². The van der Waals surface area contributed by atoms with Crippen LogP contribution in [-0.4, -0.2) is 54.5 Å². The number of Topliss-reactive ketones (excluding diaryl/α,β-unsaturated/α-hetero) is 1. The summed E-state index contributed by atoms with van der Waals surface area (Å²) in [5, 5.41) is 0. The lowest BCUT2D eigenvalue weighted by Gasteiger charge is -2.59. The Morgan fingerprint density at radius 2 is 2.26 bits per heavy atom. The molecule has 2 spiro atoms. The molecule has 4 bridgehead atoms. The van der Waals surface area contributed by atoms with Crippen molar-refractivity contribution < 1.29 is 28.5 Å². The van der Waals surface area contributed by atoms with E-state index in [2.05, 4.69) is 4.90 Å². The highest BCUT2D eigenvalue weighted by Crippen LogP contribution is 2.67. The van der Waals surface area contributed by atoms with Gasteiger partial charge in [-0.25, -0.2) is 4.79 Å². The summed E-state index contributed by atoms with van der Waals surface area (Å²) < 4.78 is 23.1. The minimum atomic E-state index is -0.758. The number of hydrogen-bond donors (Lipinski definition) is 0. The first kappa shape index (κ1) is 15.9. The fraction of sp³-hybridized carbons (Fsp3) is 0.600. The summed E-state index contributed by atoms with van der Waals surface area (Å²) in [5.41, 5.74) is 1.34. The molecule has 2 saturated heterocycles. The first-order valence-electron chi connectivity index (χ1n) is 9.69. The number of piperidine rings is 1. The standard InChI is InChI=1S/C20H21NO6/c1-2-24-18(23)26-13-4-3-11-9-14-20-6-5-12(22)17-19(20,15(11)16(13)27-17)7-8-21(14)10-25-20/h3-4,14,17H,2,5-10H2,1H3/t14-,17+,19+,20-/m1/s1. The first-order chi connectivity index (χ1) is 13.1. The molecule has 5 atom stereocenters. The largest absolute Gasteiger partial charge is 0.513 e. The van der Waals surface area contributed by atoms with E-state index in [-0.39, 0.29) is 24.0 Å². The summed E-state index contributed by atoms with van der Waals surface area (Å²) >= 11 is 0. The summed E-state index contributed by atoms with van der Waals surface area (Å²) in [5.74, 6) is 0.981. The molecule has 7 heteroatoms. The lowest BCUT2D eigenvalue weighted by molar-refractivity contribution is -0.159. The zero-order valence-electron chi connectivity index (χ0n) is 15.2. The van der Waals surface area contributed by atoms with E-state index in [0.29, 0.717) is 24.7 Å². The SMILES string of the molecule is CCOC(=O)Oc1ccc2c3c1O[C@H]1C(=O)CC[C@]45OCN(CC[C@]314)[C@@H]5C2. The van der Waals surface area contributed by atoms with Gasteiger partial charge in [0.25, 0.3) is 0 Å². The van der Waals surface area contributed by atoms with Crippen LogP contribution in [0.1, 0.15) is 37.3 Å². The molecule has 0 radical (unpaired) electrons. The second-order valence-corrected chi connectivity index (χ2v) is 8.09. The molecule has 27 heavy (non-hydrogen) atoms. The molecule has 3 heterocycles. The van der Waals surface area contributed by atoms with E-state index in [4.69, 9.17) is 18.9 Å². The predicted octanol–water partition coefficient (Wildman–Crippen LogP) is 1.94. The predicted molar refractivity (Wildman–Crippen MR) is 91.9 cm³/mol. The third-order valence-electron chi connectivity index (χ3n) is 7.26. The highest BCUT2D eigenvalue weighted by molar-refractivity contribution is 5.90. The van der Waals surface area contributed by atoms with Crippen LogP contribution in [0.15, 0.2) is 12.1 Å². The highest BCUT2D eigenvalue weighted by atomic mass is 16.7. The Balaban J connectivity index is 1.56. The Labute approximate surface area is 156 Å². The van der Waals surface area contributed by atoms with Crippen molar-refractivity contribution in [1.29, 1.82) is 0 Å². The summed E-state index contributed by atoms with van der Waals surface area (Å²) in [6.45, 7) is 3.47. The van der Waals surface area contributed by atoms with Gasteiger partial charge in [0.1, 0.15) is 12.3 Å². The van der Waals surface area contributed by atoms with E-state index in [0.717, 1.165) is 31.4 Å².